The third-order valence-corrected chi connectivity index (χ3v) is 7.53. The van der Waals surface area contributed by atoms with E-state index in [0.29, 0.717) is 51.1 Å². The molecule has 1 aliphatic heterocycles. The summed E-state index contributed by atoms with van der Waals surface area (Å²) in [6.07, 6.45) is 4.14. The van der Waals surface area contributed by atoms with Crippen molar-refractivity contribution in [3.05, 3.63) is 76.4 Å². The Hall–Kier alpha value is -4.08. The van der Waals surface area contributed by atoms with Gasteiger partial charge in [-0.3, -0.25) is 9.36 Å². The lowest BCUT2D eigenvalue weighted by Crippen LogP contribution is -2.39. The van der Waals surface area contributed by atoms with Gasteiger partial charge >= 0.3 is 5.69 Å². The SMILES string of the molecule is CC(C)C(=O)Nc1cc(-c2cccc(-c3ccc(-n4ccn(C)c4=O)c(Cl)c3)c2O)cc(N2CC[C@](C)(N)C2)n1. The first kappa shape index (κ1) is 27.5. The minimum Gasteiger partial charge on any atom is -0.507 e. The molecule has 5 rings (SSSR count). The van der Waals surface area contributed by atoms with Gasteiger partial charge in [0.25, 0.3) is 0 Å². The molecule has 0 saturated carbocycles. The minimum absolute atomic E-state index is 0.0616. The van der Waals surface area contributed by atoms with Crippen molar-refractivity contribution in [2.75, 3.05) is 23.3 Å². The number of aromatic nitrogens is 3. The molecule has 1 atom stereocenters. The highest BCUT2D eigenvalue weighted by Crippen LogP contribution is 2.41. The number of nitrogens with two attached hydrogens (primary N) is 1. The van der Waals surface area contributed by atoms with Gasteiger partial charge in [0, 0.05) is 55.1 Å². The van der Waals surface area contributed by atoms with Crippen molar-refractivity contribution >= 4 is 29.1 Å². The Morgan fingerprint density at radius 3 is 2.45 bits per heavy atom. The summed E-state index contributed by atoms with van der Waals surface area (Å²) in [6, 6.07) is 14.5. The second-order valence-corrected chi connectivity index (χ2v) is 11.4. The van der Waals surface area contributed by atoms with E-state index in [-0.39, 0.29) is 28.8 Å². The highest BCUT2D eigenvalue weighted by Gasteiger charge is 2.31. The molecule has 2 aromatic heterocycles. The summed E-state index contributed by atoms with van der Waals surface area (Å²) in [6.45, 7) is 7.02. The minimum atomic E-state index is -0.336. The van der Waals surface area contributed by atoms with Crippen molar-refractivity contribution in [2.45, 2.75) is 32.7 Å². The first-order valence-corrected chi connectivity index (χ1v) is 13.5. The number of imidazole rings is 1. The number of halogens is 1. The highest BCUT2D eigenvalue weighted by atomic mass is 35.5. The summed E-state index contributed by atoms with van der Waals surface area (Å²) < 4.78 is 2.94. The lowest BCUT2D eigenvalue weighted by atomic mass is 9.97. The van der Waals surface area contributed by atoms with Crippen molar-refractivity contribution in [3.8, 4) is 33.7 Å². The van der Waals surface area contributed by atoms with Crippen LogP contribution in [0.1, 0.15) is 27.2 Å². The molecular weight excluding hydrogens is 528 g/mol. The number of carbonyl (C=O) groups excluding carboxylic acids is 1. The zero-order valence-electron chi connectivity index (χ0n) is 23.0. The summed E-state index contributed by atoms with van der Waals surface area (Å²) in [5.74, 6) is 0.778. The number of aryl methyl sites for hydroxylation is 1. The fraction of sp³-hybridized carbons (Fsp3) is 0.300. The number of nitrogens with zero attached hydrogens (tertiary/aromatic N) is 4. The van der Waals surface area contributed by atoms with Crippen LogP contribution in [0.3, 0.4) is 0 Å². The summed E-state index contributed by atoms with van der Waals surface area (Å²) in [4.78, 5) is 31.7. The second kappa shape index (κ2) is 10.5. The molecule has 208 valence electrons. The van der Waals surface area contributed by atoms with Gasteiger partial charge in [0.2, 0.25) is 5.91 Å². The largest absolute Gasteiger partial charge is 0.507 e. The van der Waals surface area contributed by atoms with Crippen molar-refractivity contribution in [1.29, 1.82) is 0 Å². The van der Waals surface area contributed by atoms with Crippen LogP contribution in [0.25, 0.3) is 27.9 Å². The van der Waals surface area contributed by atoms with Crippen LogP contribution in [0, 0.1) is 5.92 Å². The lowest BCUT2D eigenvalue weighted by Gasteiger charge is -2.22. The molecule has 3 heterocycles. The van der Waals surface area contributed by atoms with E-state index in [4.69, 9.17) is 22.3 Å². The maximum Gasteiger partial charge on any atom is 0.332 e. The predicted molar refractivity (Wildman–Crippen MR) is 159 cm³/mol. The van der Waals surface area contributed by atoms with Gasteiger partial charge in [-0.05, 0) is 48.7 Å². The van der Waals surface area contributed by atoms with Crippen LogP contribution in [0.2, 0.25) is 5.02 Å². The van der Waals surface area contributed by atoms with E-state index in [9.17, 15) is 14.7 Å². The van der Waals surface area contributed by atoms with Gasteiger partial charge in [0.1, 0.15) is 17.4 Å². The summed E-state index contributed by atoms with van der Waals surface area (Å²) >= 11 is 6.60. The van der Waals surface area contributed by atoms with Crippen molar-refractivity contribution in [3.63, 3.8) is 0 Å². The van der Waals surface area contributed by atoms with E-state index < -0.39 is 0 Å². The first-order chi connectivity index (χ1) is 18.9. The number of nitrogens with one attached hydrogen (secondary N) is 1. The highest BCUT2D eigenvalue weighted by molar-refractivity contribution is 6.32. The monoisotopic (exact) mass is 560 g/mol. The number of benzene rings is 2. The molecule has 1 fully saturated rings. The quantitative estimate of drug-likeness (QED) is 0.312. The zero-order chi connectivity index (χ0) is 28.8. The van der Waals surface area contributed by atoms with Crippen LogP contribution < -0.4 is 21.6 Å². The standard InChI is InChI=1S/C30H33ClN6O3/c1-18(2)28(39)34-25-15-20(16-26(33-25)36-11-10-30(3,32)17-36)22-7-5-6-21(27(22)38)19-8-9-24(23(31)14-19)37-13-12-35(4)29(37)40/h5-9,12-16,18,38H,10-11,17,32H2,1-4H3,(H,33,34,39)/t30-/m0/s1. The molecular formula is C30H33ClN6O3. The summed E-state index contributed by atoms with van der Waals surface area (Å²) in [5.41, 5.74) is 8.94. The molecule has 0 spiro atoms. The average molecular weight is 561 g/mol. The summed E-state index contributed by atoms with van der Waals surface area (Å²) in [7, 11) is 1.67. The number of rotatable bonds is 6. The van der Waals surface area contributed by atoms with E-state index in [0.717, 1.165) is 13.0 Å². The van der Waals surface area contributed by atoms with Gasteiger partial charge in [-0.25, -0.2) is 9.78 Å². The predicted octanol–water partition coefficient (Wildman–Crippen LogP) is 4.79. The number of pyridine rings is 1. The molecule has 0 radical (unpaired) electrons. The molecule has 1 amide bonds. The zero-order valence-corrected chi connectivity index (χ0v) is 23.7. The Balaban J connectivity index is 1.56. The van der Waals surface area contributed by atoms with E-state index in [1.54, 1.807) is 37.6 Å². The molecule has 1 saturated heterocycles. The fourth-order valence-electron chi connectivity index (χ4n) is 4.87. The van der Waals surface area contributed by atoms with Crippen LogP contribution in [0.4, 0.5) is 11.6 Å². The average Bonchev–Trinajstić information content (AvgIpc) is 3.44. The third-order valence-electron chi connectivity index (χ3n) is 7.23. The van der Waals surface area contributed by atoms with Gasteiger partial charge in [0.05, 0.1) is 10.7 Å². The van der Waals surface area contributed by atoms with Crippen molar-refractivity contribution in [1.82, 2.24) is 14.1 Å². The molecule has 4 N–H and O–H groups in total. The number of carbonyl (C=O) groups is 1. The van der Waals surface area contributed by atoms with Crippen LogP contribution >= 0.6 is 11.6 Å². The molecule has 9 nitrogen and oxygen atoms in total. The van der Waals surface area contributed by atoms with Gasteiger partial charge in [-0.2, -0.15) is 0 Å². The molecule has 0 bridgehead atoms. The fourth-order valence-corrected chi connectivity index (χ4v) is 5.15. The van der Waals surface area contributed by atoms with Crippen molar-refractivity contribution in [2.24, 2.45) is 18.7 Å². The molecule has 10 heteroatoms. The molecule has 1 aliphatic rings. The van der Waals surface area contributed by atoms with Crippen LogP contribution in [-0.2, 0) is 11.8 Å². The van der Waals surface area contributed by atoms with E-state index in [1.165, 1.54) is 9.13 Å². The number of para-hydroxylation sites is 1. The Labute approximate surface area is 237 Å². The van der Waals surface area contributed by atoms with Crippen LogP contribution in [0.15, 0.2) is 65.7 Å². The normalized spacial score (nSPS) is 17.0. The molecule has 0 aliphatic carbocycles. The van der Waals surface area contributed by atoms with E-state index in [2.05, 4.69) is 10.2 Å². The molecule has 2 aromatic carbocycles. The molecule has 0 unspecified atom stereocenters. The Morgan fingerprint density at radius 1 is 1.12 bits per heavy atom. The summed E-state index contributed by atoms with van der Waals surface area (Å²) in [5, 5.41) is 14.8. The number of hydrogen-bond donors (Lipinski definition) is 3. The first-order valence-electron chi connectivity index (χ1n) is 13.2. The van der Waals surface area contributed by atoms with Gasteiger partial charge in [-0.1, -0.05) is 49.7 Å². The van der Waals surface area contributed by atoms with Gasteiger partial charge in [0.15, 0.2) is 0 Å². The number of aromatic hydroxyl groups is 1. The number of phenols is 1. The Bertz CT molecular complexity index is 1660. The van der Waals surface area contributed by atoms with Crippen LogP contribution in [0.5, 0.6) is 5.75 Å². The van der Waals surface area contributed by atoms with E-state index in [1.807, 2.05) is 51.1 Å². The Kier molecular flexibility index (Phi) is 7.20. The third kappa shape index (κ3) is 5.35. The maximum atomic E-state index is 12.5. The number of amides is 1. The maximum absolute atomic E-state index is 12.5. The molecule has 4 aromatic rings. The number of phenolic OH excluding ortho intramolecular Hbond substituents is 1. The van der Waals surface area contributed by atoms with E-state index >= 15 is 0 Å². The lowest BCUT2D eigenvalue weighted by molar-refractivity contribution is -0.118. The van der Waals surface area contributed by atoms with Crippen LogP contribution in [-0.4, -0.2) is 43.8 Å². The molecule has 40 heavy (non-hydrogen) atoms. The van der Waals surface area contributed by atoms with Gasteiger partial charge < -0.3 is 25.6 Å². The topological polar surface area (TPSA) is 118 Å². The smallest absolute Gasteiger partial charge is 0.332 e. The Morgan fingerprint density at radius 2 is 1.85 bits per heavy atom. The number of hydrogen-bond acceptors (Lipinski definition) is 6. The van der Waals surface area contributed by atoms with Gasteiger partial charge in [-0.15, -0.1) is 0 Å². The second-order valence-electron chi connectivity index (χ2n) is 11.0. The number of anilines is 2. The van der Waals surface area contributed by atoms with Crippen molar-refractivity contribution < 1.29 is 9.90 Å².